The lowest BCUT2D eigenvalue weighted by molar-refractivity contribution is 0.0798. The van der Waals surface area contributed by atoms with Crippen molar-refractivity contribution in [1.29, 1.82) is 0 Å². The third kappa shape index (κ3) is 2.79. The van der Waals surface area contributed by atoms with Gasteiger partial charge in [0, 0.05) is 29.9 Å². The molecule has 24 heavy (non-hydrogen) atoms. The molecule has 1 aromatic rings. The molecule has 2 atom stereocenters. The van der Waals surface area contributed by atoms with E-state index in [1.165, 1.54) is 0 Å². The fourth-order valence-corrected chi connectivity index (χ4v) is 4.19. The minimum atomic E-state index is -0.284. The highest BCUT2D eigenvalue weighted by atomic mass is 16.4. The summed E-state index contributed by atoms with van der Waals surface area (Å²) in [6.07, 6.45) is 3.89. The molecule has 5 heteroatoms. The van der Waals surface area contributed by atoms with Gasteiger partial charge in [-0.3, -0.25) is 9.59 Å². The number of furan rings is 1. The minimum Gasteiger partial charge on any atom is -0.455 e. The van der Waals surface area contributed by atoms with Crippen LogP contribution in [0.3, 0.4) is 0 Å². The van der Waals surface area contributed by atoms with E-state index < -0.39 is 0 Å². The van der Waals surface area contributed by atoms with E-state index in [2.05, 4.69) is 5.32 Å². The number of fused-ring (bicyclic) bond motifs is 1. The molecular formula is C19H27NO4. The van der Waals surface area contributed by atoms with Gasteiger partial charge in [-0.05, 0) is 25.2 Å². The largest absolute Gasteiger partial charge is 0.455 e. The van der Waals surface area contributed by atoms with Crippen LogP contribution in [0.5, 0.6) is 0 Å². The van der Waals surface area contributed by atoms with Gasteiger partial charge in [-0.2, -0.15) is 0 Å². The Bertz CT molecular complexity index is 688. The van der Waals surface area contributed by atoms with E-state index in [0.717, 1.165) is 19.3 Å². The Labute approximate surface area is 142 Å². The molecule has 0 aliphatic heterocycles. The molecule has 3 rings (SSSR count). The number of Topliss-reactive ketones (excluding diaryl/α,β-unsaturated/α-hetero) is 1. The maximum atomic E-state index is 12.7. The van der Waals surface area contributed by atoms with Crippen LogP contribution in [0.15, 0.2) is 4.42 Å². The number of aliphatic hydroxyl groups is 1. The molecule has 0 spiro atoms. The zero-order chi connectivity index (χ0) is 17.7. The van der Waals surface area contributed by atoms with Crippen molar-refractivity contribution in [3.63, 3.8) is 0 Å². The Morgan fingerprint density at radius 1 is 1.33 bits per heavy atom. The van der Waals surface area contributed by atoms with Gasteiger partial charge in [-0.25, -0.2) is 0 Å². The molecule has 1 fully saturated rings. The first-order valence-corrected chi connectivity index (χ1v) is 8.74. The molecule has 2 aliphatic rings. The summed E-state index contributed by atoms with van der Waals surface area (Å²) in [7, 11) is 0. The van der Waals surface area contributed by atoms with Crippen molar-refractivity contribution in [1.82, 2.24) is 5.32 Å². The number of hydrogen-bond acceptors (Lipinski definition) is 4. The van der Waals surface area contributed by atoms with Crippen molar-refractivity contribution < 1.29 is 19.1 Å². The number of nitrogens with one attached hydrogen (secondary N) is 1. The second-order valence-electron chi connectivity index (χ2n) is 8.53. The highest BCUT2D eigenvalue weighted by Gasteiger charge is 2.41. The molecule has 1 aromatic heterocycles. The van der Waals surface area contributed by atoms with Gasteiger partial charge in [0.25, 0.3) is 5.91 Å². The summed E-state index contributed by atoms with van der Waals surface area (Å²) in [6.45, 7) is 7.91. The highest BCUT2D eigenvalue weighted by molar-refractivity contribution is 6.03. The molecule has 0 aromatic carbocycles. The van der Waals surface area contributed by atoms with Crippen molar-refractivity contribution in [3.05, 3.63) is 22.6 Å². The molecular weight excluding hydrogens is 306 g/mol. The van der Waals surface area contributed by atoms with Gasteiger partial charge in [-0.15, -0.1) is 0 Å². The van der Waals surface area contributed by atoms with E-state index in [-0.39, 0.29) is 40.9 Å². The Morgan fingerprint density at radius 2 is 2.04 bits per heavy atom. The molecule has 0 radical (unpaired) electrons. The van der Waals surface area contributed by atoms with E-state index >= 15 is 0 Å². The van der Waals surface area contributed by atoms with Crippen molar-refractivity contribution in [2.45, 2.75) is 65.8 Å². The summed E-state index contributed by atoms with van der Waals surface area (Å²) in [4.78, 5) is 25.1. The van der Waals surface area contributed by atoms with Gasteiger partial charge in [0.1, 0.15) is 5.76 Å². The zero-order valence-electron chi connectivity index (χ0n) is 15.0. The number of rotatable bonds is 3. The number of aliphatic hydroxyl groups excluding tert-OH is 1. The second-order valence-corrected chi connectivity index (χ2v) is 8.53. The maximum absolute atomic E-state index is 12.7. The maximum Gasteiger partial charge on any atom is 0.287 e. The first-order chi connectivity index (χ1) is 11.2. The predicted octanol–water partition coefficient (Wildman–Crippen LogP) is 3.02. The summed E-state index contributed by atoms with van der Waals surface area (Å²) in [5.41, 5.74) is 0.818. The van der Waals surface area contributed by atoms with Crippen LogP contribution in [-0.4, -0.2) is 29.4 Å². The highest BCUT2D eigenvalue weighted by Crippen LogP contribution is 2.40. The van der Waals surface area contributed by atoms with E-state index in [0.29, 0.717) is 29.7 Å². The summed E-state index contributed by atoms with van der Waals surface area (Å²) < 4.78 is 5.82. The van der Waals surface area contributed by atoms with E-state index in [1.807, 2.05) is 20.8 Å². The fourth-order valence-electron chi connectivity index (χ4n) is 4.19. The molecule has 1 saturated carbocycles. The molecule has 0 saturated heterocycles. The first-order valence-electron chi connectivity index (χ1n) is 8.74. The molecule has 1 heterocycles. The van der Waals surface area contributed by atoms with Crippen LogP contribution in [0.25, 0.3) is 0 Å². The van der Waals surface area contributed by atoms with Crippen LogP contribution in [0.1, 0.15) is 78.7 Å². The minimum absolute atomic E-state index is 0.0538. The fraction of sp³-hybridized carbons (Fsp3) is 0.684. The van der Waals surface area contributed by atoms with E-state index in [1.54, 1.807) is 6.92 Å². The smallest absolute Gasteiger partial charge is 0.287 e. The summed E-state index contributed by atoms with van der Waals surface area (Å²) in [5.74, 6) is 0.662. The quantitative estimate of drug-likeness (QED) is 0.891. The topological polar surface area (TPSA) is 79.5 Å². The molecule has 2 N–H and O–H groups in total. The number of hydrogen-bond donors (Lipinski definition) is 2. The Morgan fingerprint density at radius 3 is 2.71 bits per heavy atom. The van der Waals surface area contributed by atoms with Gasteiger partial charge < -0.3 is 14.8 Å². The second kappa shape index (κ2) is 5.73. The van der Waals surface area contributed by atoms with Gasteiger partial charge in [0.2, 0.25) is 0 Å². The Kier molecular flexibility index (Phi) is 4.11. The van der Waals surface area contributed by atoms with Crippen LogP contribution in [0, 0.1) is 17.8 Å². The molecule has 1 amide bonds. The first kappa shape index (κ1) is 17.2. The lowest BCUT2D eigenvalue weighted by atomic mass is 9.76. The van der Waals surface area contributed by atoms with Crippen molar-refractivity contribution in [2.24, 2.45) is 10.8 Å². The standard InChI is InChI=1S/C19H27NO4/c1-11-15-12(22)8-18(2,3)9-13(15)24-16(11)17(23)20-14-6-5-7-19(14,4)10-21/h14,21H,5-10H2,1-4H3,(H,20,23). The van der Waals surface area contributed by atoms with Gasteiger partial charge in [-0.1, -0.05) is 27.2 Å². The third-order valence-corrected chi connectivity index (χ3v) is 5.73. The Balaban J connectivity index is 1.86. The van der Waals surface area contributed by atoms with Gasteiger partial charge in [0.15, 0.2) is 11.5 Å². The number of ketones is 1. The normalized spacial score (nSPS) is 28.7. The number of carbonyl (C=O) groups excluding carboxylic acids is 2. The van der Waals surface area contributed by atoms with Crippen LogP contribution < -0.4 is 5.32 Å². The van der Waals surface area contributed by atoms with Crippen LogP contribution >= 0.6 is 0 Å². The van der Waals surface area contributed by atoms with E-state index in [9.17, 15) is 14.7 Å². The average molecular weight is 333 g/mol. The third-order valence-electron chi connectivity index (χ3n) is 5.73. The molecule has 2 aliphatic carbocycles. The summed E-state index contributed by atoms with van der Waals surface area (Å²) in [6, 6.07) is -0.0660. The zero-order valence-corrected chi connectivity index (χ0v) is 15.0. The van der Waals surface area contributed by atoms with Crippen molar-refractivity contribution in [3.8, 4) is 0 Å². The number of amides is 1. The predicted molar refractivity (Wildman–Crippen MR) is 90.2 cm³/mol. The molecule has 2 unspecified atom stereocenters. The van der Waals surface area contributed by atoms with Gasteiger partial charge in [0.05, 0.1) is 12.2 Å². The van der Waals surface area contributed by atoms with E-state index in [4.69, 9.17) is 4.42 Å². The monoisotopic (exact) mass is 333 g/mol. The molecule has 0 bridgehead atoms. The SMILES string of the molecule is Cc1c(C(=O)NC2CCCC2(C)CO)oc2c1C(=O)CC(C)(C)C2. The summed E-state index contributed by atoms with van der Waals surface area (Å²) in [5, 5.41) is 12.7. The van der Waals surface area contributed by atoms with Crippen molar-refractivity contribution in [2.75, 3.05) is 6.61 Å². The lowest BCUT2D eigenvalue weighted by Crippen LogP contribution is -2.44. The van der Waals surface area contributed by atoms with Gasteiger partial charge >= 0.3 is 0 Å². The van der Waals surface area contributed by atoms with Crippen LogP contribution in [-0.2, 0) is 6.42 Å². The number of carbonyl (C=O) groups is 2. The average Bonchev–Trinajstić information content (AvgIpc) is 2.99. The molecule has 132 valence electrons. The Hall–Kier alpha value is -1.62. The lowest BCUT2D eigenvalue weighted by Gasteiger charge is -2.29. The summed E-state index contributed by atoms with van der Waals surface area (Å²) >= 11 is 0. The van der Waals surface area contributed by atoms with Crippen molar-refractivity contribution >= 4 is 11.7 Å². The van der Waals surface area contributed by atoms with Crippen LogP contribution in [0.2, 0.25) is 0 Å². The molecule has 5 nitrogen and oxygen atoms in total. The van der Waals surface area contributed by atoms with Crippen LogP contribution in [0.4, 0.5) is 0 Å².